The van der Waals surface area contributed by atoms with E-state index in [1.54, 1.807) is 11.1 Å². The molecule has 1 aliphatic rings. The van der Waals surface area contributed by atoms with Crippen LogP contribution >= 0.6 is 11.6 Å². The second-order valence-corrected chi connectivity index (χ2v) is 9.35. The summed E-state index contributed by atoms with van der Waals surface area (Å²) in [5.74, 6) is 0.325. The van der Waals surface area contributed by atoms with E-state index in [0.29, 0.717) is 12.4 Å². The zero-order valence-corrected chi connectivity index (χ0v) is 18.0. The smallest absolute Gasteiger partial charge is 0.418 e. The summed E-state index contributed by atoms with van der Waals surface area (Å²) in [5, 5.41) is 0.889. The number of hydrogen-bond donors (Lipinski definition) is 0. The molecule has 0 bridgehead atoms. The molecule has 28 heavy (non-hydrogen) atoms. The average molecular weight is 407 g/mol. The Balaban J connectivity index is 2.03. The van der Waals surface area contributed by atoms with Crippen LogP contribution in [-0.2, 0) is 9.47 Å². The molecule has 1 amide bonds. The summed E-state index contributed by atoms with van der Waals surface area (Å²) in [6.45, 7) is 11.5. The van der Waals surface area contributed by atoms with E-state index >= 15 is 0 Å². The number of nitrogens with zero attached hydrogens (tertiary/aromatic N) is 2. The van der Waals surface area contributed by atoms with Crippen LogP contribution in [0.25, 0.3) is 10.9 Å². The summed E-state index contributed by atoms with van der Waals surface area (Å²) in [6, 6.07) is 5.54. The number of halogens is 1. The first-order valence-corrected chi connectivity index (χ1v) is 9.88. The molecular formula is C21H27ClN2O4. The monoisotopic (exact) mass is 406 g/mol. The molecule has 0 aliphatic carbocycles. The molecule has 0 saturated carbocycles. The lowest BCUT2D eigenvalue weighted by Crippen LogP contribution is -2.36. The Morgan fingerprint density at radius 1 is 1.04 bits per heavy atom. The minimum atomic E-state index is -0.587. The molecule has 1 aromatic carbocycles. The first kappa shape index (κ1) is 20.5. The van der Waals surface area contributed by atoms with Crippen LogP contribution in [0, 0.1) is 0 Å². The first-order chi connectivity index (χ1) is 12.9. The fraction of sp³-hybridized carbons (Fsp3) is 0.524. The maximum absolute atomic E-state index is 12.7. The van der Waals surface area contributed by atoms with Crippen molar-refractivity contribution in [3.05, 3.63) is 30.0 Å². The molecule has 6 nitrogen and oxygen atoms in total. The number of fused-ring (bicyclic) bond motifs is 3. The van der Waals surface area contributed by atoms with Gasteiger partial charge in [0.15, 0.2) is 0 Å². The van der Waals surface area contributed by atoms with Crippen molar-refractivity contribution in [1.29, 1.82) is 0 Å². The van der Waals surface area contributed by atoms with E-state index in [1.807, 2.05) is 59.7 Å². The van der Waals surface area contributed by atoms with Crippen LogP contribution in [0.2, 0.25) is 0 Å². The van der Waals surface area contributed by atoms with E-state index in [4.69, 9.17) is 21.1 Å². The maximum Gasteiger partial charge on any atom is 0.418 e. The second-order valence-electron chi connectivity index (χ2n) is 9.04. The summed E-state index contributed by atoms with van der Waals surface area (Å²) in [4.78, 5) is 26.8. The van der Waals surface area contributed by atoms with Crippen molar-refractivity contribution in [2.24, 2.45) is 0 Å². The molecule has 3 rings (SSSR count). The molecule has 1 aliphatic heterocycles. The number of benzene rings is 1. The van der Waals surface area contributed by atoms with Crippen molar-refractivity contribution in [2.75, 3.05) is 17.3 Å². The summed E-state index contributed by atoms with van der Waals surface area (Å²) in [5.41, 5.74) is 1.29. The average Bonchev–Trinajstić information content (AvgIpc) is 3.12. The molecule has 1 unspecified atom stereocenters. The third-order valence-electron chi connectivity index (χ3n) is 4.38. The summed E-state index contributed by atoms with van der Waals surface area (Å²) in [6.07, 6.45) is 0.861. The van der Waals surface area contributed by atoms with Gasteiger partial charge < -0.3 is 9.47 Å². The van der Waals surface area contributed by atoms with Gasteiger partial charge in [0.2, 0.25) is 0 Å². The van der Waals surface area contributed by atoms with Gasteiger partial charge in [-0.3, -0.25) is 9.47 Å². The Hall–Kier alpha value is -2.21. The molecule has 2 heterocycles. The van der Waals surface area contributed by atoms with Crippen LogP contribution in [0.3, 0.4) is 0 Å². The highest BCUT2D eigenvalue weighted by Crippen LogP contribution is 2.42. The fourth-order valence-electron chi connectivity index (χ4n) is 3.39. The highest BCUT2D eigenvalue weighted by atomic mass is 35.5. The van der Waals surface area contributed by atoms with E-state index < -0.39 is 23.4 Å². The zero-order chi connectivity index (χ0) is 20.9. The van der Waals surface area contributed by atoms with E-state index in [1.165, 1.54) is 4.57 Å². The topological polar surface area (TPSA) is 60.8 Å². The highest BCUT2D eigenvalue weighted by Gasteiger charge is 2.36. The lowest BCUT2D eigenvalue weighted by Gasteiger charge is -2.25. The minimum Gasteiger partial charge on any atom is -0.443 e. The number of anilines is 1. The van der Waals surface area contributed by atoms with Crippen LogP contribution < -0.4 is 4.90 Å². The molecule has 0 N–H and O–H groups in total. The molecule has 0 saturated heterocycles. The highest BCUT2D eigenvalue weighted by molar-refractivity contribution is 6.19. The van der Waals surface area contributed by atoms with Gasteiger partial charge >= 0.3 is 12.2 Å². The van der Waals surface area contributed by atoms with Crippen LogP contribution in [0.5, 0.6) is 0 Å². The zero-order valence-electron chi connectivity index (χ0n) is 17.2. The summed E-state index contributed by atoms with van der Waals surface area (Å²) < 4.78 is 12.5. The standard InChI is InChI=1S/C21H27ClN2O4/c1-20(2,3)27-18(25)23-10-9-14-15(23)7-8-16-17(14)13(11-22)12-24(16)19(26)28-21(4,5)6/h7-10,13H,11-12H2,1-6H3. The Bertz CT molecular complexity index is 921. The van der Waals surface area contributed by atoms with Crippen molar-refractivity contribution in [1.82, 2.24) is 4.57 Å². The first-order valence-electron chi connectivity index (χ1n) is 9.35. The van der Waals surface area contributed by atoms with Crippen molar-refractivity contribution >= 4 is 40.4 Å². The van der Waals surface area contributed by atoms with Gasteiger partial charge in [0, 0.05) is 29.9 Å². The SMILES string of the molecule is CC(C)(C)OC(=O)N1CC(CCl)c2c1ccc1c2ccn1C(=O)OC(C)(C)C. The van der Waals surface area contributed by atoms with Crippen molar-refractivity contribution in [3.8, 4) is 0 Å². The van der Waals surface area contributed by atoms with Crippen LogP contribution in [0.15, 0.2) is 24.4 Å². The third-order valence-corrected chi connectivity index (χ3v) is 4.76. The number of ether oxygens (including phenoxy) is 2. The Morgan fingerprint density at radius 2 is 1.64 bits per heavy atom. The molecule has 152 valence electrons. The molecule has 1 atom stereocenters. The van der Waals surface area contributed by atoms with Gasteiger partial charge in [0.25, 0.3) is 0 Å². The number of carbonyl (C=O) groups is 2. The number of aromatic nitrogens is 1. The van der Waals surface area contributed by atoms with Crippen molar-refractivity contribution in [2.45, 2.75) is 58.7 Å². The number of alkyl halides is 1. The van der Waals surface area contributed by atoms with Gasteiger partial charge in [0.1, 0.15) is 11.2 Å². The molecule has 0 spiro atoms. The van der Waals surface area contributed by atoms with E-state index in [9.17, 15) is 9.59 Å². The third kappa shape index (κ3) is 3.97. The predicted molar refractivity (Wildman–Crippen MR) is 111 cm³/mol. The number of carbonyl (C=O) groups excluding carboxylic acids is 2. The van der Waals surface area contributed by atoms with Gasteiger partial charge in [-0.1, -0.05) is 0 Å². The molecule has 1 aromatic heterocycles. The van der Waals surface area contributed by atoms with Gasteiger partial charge in [0.05, 0.1) is 11.2 Å². The fourth-order valence-corrected chi connectivity index (χ4v) is 3.64. The number of amides is 1. The molecule has 0 fully saturated rings. The van der Waals surface area contributed by atoms with E-state index in [-0.39, 0.29) is 5.92 Å². The number of rotatable bonds is 1. The van der Waals surface area contributed by atoms with Crippen molar-refractivity contribution < 1.29 is 19.1 Å². The number of hydrogen-bond acceptors (Lipinski definition) is 4. The van der Waals surface area contributed by atoms with Gasteiger partial charge in [-0.25, -0.2) is 9.59 Å². The van der Waals surface area contributed by atoms with Crippen molar-refractivity contribution in [3.63, 3.8) is 0 Å². The van der Waals surface area contributed by atoms with Gasteiger partial charge in [-0.2, -0.15) is 0 Å². The predicted octanol–water partition coefficient (Wildman–Crippen LogP) is 5.50. The lowest BCUT2D eigenvalue weighted by molar-refractivity contribution is 0.0541. The lowest BCUT2D eigenvalue weighted by atomic mass is 9.99. The largest absolute Gasteiger partial charge is 0.443 e. The van der Waals surface area contributed by atoms with Crippen LogP contribution in [0.1, 0.15) is 53.0 Å². The second kappa shape index (κ2) is 6.99. The quantitative estimate of drug-likeness (QED) is 0.586. The van der Waals surface area contributed by atoms with Gasteiger partial charge in [-0.05, 0) is 65.3 Å². The molecule has 7 heteroatoms. The van der Waals surface area contributed by atoms with E-state index in [2.05, 4.69) is 0 Å². The minimum absolute atomic E-state index is 0.0395. The molecule has 0 radical (unpaired) electrons. The summed E-state index contributed by atoms with van der Waals surface area (Å²) in [7, 11) is 0. The summed E-state index contributed by atoms with van der Waals surface area (Å²) >= 11 is 6.22. The van der Waals surface area contributed by atoms with E-state index in [0.717, 1.165) is 22.2 Å². The Kier molecular flexibility index (Phi) is 5.13. The Morgan fingerprint density at radius 3 is 2.21 bits per heavy atom. The Labute approximate surface area is 170 Å². The van der Waals surface area contributed by atoms with Crippen LogP contribution in [-0.4, -0.2) is 40.4 Å². The molecular weight excluding hydrogens is 380 g/mol. The van der Waals surface area contributed by atoms with Crippen LogP contribution in [0.4, 0.5) is 15.3 Å². The maximum atomic E-state index is 12.7. The van der Waals surface area contributed by atoms with Gasteiger partial charge in [-0.15, -0.1) is 11.6 Å². The molecule has 2 aromatic rings. The normalized spacial score (nSPS) is 17.0.